The first-order valence-corrected chi connectivity index (χ1v) is 8.73. The van der Waals surface area contributed by atoms with Crippen LogP contribution < -0.4 is 5.32 Å². The van der Waals surface area contributed by atoms with Gasteiger partial charge in [0.05, 0.1) is 0 Å². The van der Waals surface area contributed by atoms with Gasteiger partial charge in [0.2, 0.25) is 0 Å². The van der Waals surface area contributed by atoms with Gasteiger partial charge < -0.3 is 9.88 Å². The van der Waals surface area contributed by atoms with Crippen molar-refractivity contribution in [3.63, 3.8) is 0 Å². The van der Waals surface area contributed by atoms with Crippen LogP contribution in [0, 0.1) is 17.3 Å². The van der Waals surface area contributed by atoms with Crippen molar-refractivity contribution >= 4 is 0 Å². The van der Waals surface area contributed by atoms with Crippen molar-refractivity contribution in [2.24, 2.45) is 24.3 Å². The maximum atomic E-state index is 4.49. The molecule has 3 rings (SSSR count). The van der Waals surface area contributed by atoms with Crippen molar-refractivity contribution in [1.29, 1.82) is 0 Å². The van der Waals surface area contributed by atoms with Crippen LogP contribution in [-0.4, -0.2) is 22.1 Å². The Morgan fingerprint density at radius 3 is 2.76 bits per heavy atom. The highest BCUT2D eigenvalue weighted by Gasteiger charge is 2.35. The molecule has 3 nitrogen and oxygen atoms in total. The lowest BCUT2D eigenvalue weighted by Gasteiger charge is -2.41. The number of hydrogen-bond donors (Lipinski definition) is 1. The van der Waals surface area contributed by atoms with Gasteiger partial charge in [-0.2, -0.15) is 0 Å². The van der Waals surface area contributed by atoms with Crippen molar-refractivity contribution in [3.05, 3.63) is 18.2 Å². The van der Waals surface area contributed by atoms with Crippen LogP contribution in [0.3, 0.4) is 0 Å². The highest BCUT2D eigenvalue weighted by Crippen LogP contribution is 2.43. The average molecular weight is 289 g/mol. The van der Waals surface area contributed by atoms with E-state index in [4.69, 9.17) is 0 Å². The van der Waals surface area contributed by atoms with Crippen LogP contribution in [-0.2, 0) is 13.5 Å². The minimum Gasteiger partial charge on any atom is -0.338 e. The second-order valence-electron chi connectivity index (χ2n) is 8.10. The Hall–Kier alpha value is -0.830. The third kappa shape index (κ3) is 4.09. The Morgan fingerprint density at radius 1 is 1.29 bits per heavy atom. The first-order chi connectivity index (χ1) is 10.0. The van der Waals surface area contributed by atoms with Crippen LogP contribution >= 0.6 is 0 Å². The maximum absolute atomic E-state index is 4.49. The van der Waals surface area contributed by atoms with E-state index >= 15 is 0 Å². The summed E-state index contributed by atoms with van der Waals surface area (Å²) in [5.41, 5.74) is 0.530. The molecule has 21 heavy (non-hydrogen) atoms. The van der Waals surface area contributed by atoms with Crippen LogP contribution in [0.2, 0.25) is 0 Å². The van der Waals surface area contributed by atoms with E-state index < -0.39 is 0 Å². The molecule has 0 spiro atoms. The number of rotatable bonds is 6. The van der Waals surface area contributed by atoms with Crippen LogP contribution in [0.4, 0.5) is 0 Å². The Labute approximate surface area is 129 Å². The lowest BCUT2D eigenvalue weighted by Crippen LogP contribution is -2.37. The van der Waals surface area contributed by atoms with Gasteiger partial charge in [0.1, 0.15) is 5.82 Å². The van der Waals surface area contributed by atoms with Crippen LogP contribution in [0.1, 0.15) is 58.2 Å². The topological polar surface area (TPSA) is 29.9 Å². The van der Waals surface area contributed by atoms with Gasteiger partial charge in [0.15, 0.2) is 0 Å². The van der Waals surface area contributed by atoms with E-state index in [0.717, 1.165) is 24.3 Å². The molecular weight excluding hydrogens is 258 g/mol. The number of nitrogens with zero attached hydrogens (tertiary/aromatic N) is 2. The third-order valence-electron chi connectivity index (χ3n) is 5.58. The summed E-state index contributed by atoms with van der Waals surface area (Å²) < 4.78 is 2.17. The van der Waals surface area contributed by atoms with Crippen molar-refractivity contribution in [3.8, 4) is 0 Å². The number of nitrogens with one attached hydrogen (secondary N) is 1. The molecule has 0 aromatic carbocycles. The lowest BCUT2D eigenvalue weighted by atomic mass is 9.66. The Kier molecular flexibility index (Phi) is 4.39. The summed E-state index contributed by atoms with van der Waals surface area (Å²) >= 11 is 0. The molecule has 0 amide bonds. The summed E-state index contributed by atoms with van der Waals surface area (Å²) in [4.78, 5) is 4.49. The molecule has 2 fully saturated rings. The van der Waals surface area contributed by atoms with E-state index in [-0.39, 0.29) is 0 Å². The predicted octanol–water partition coefficient (Wildman–Crippen LogP) is 3.55. The van der Waals surface area contributed by atoms with Gasteiger partial charge in [0.25, 0.3) is 0 Å². The predicted molar refractivity (Wildman–Crippen MR) is 87.2 cm³/mol. The van der Waals surface area contributed by atoms with Gasteiger partial charge in [-0.3, -0.25) is 0 Å². The molecule has 0 bridgehead atoms. The Balaban J connectivity index is 1.57. The van der Waals surface area contributed by atoms with Crippen molar-refractivity contribution in [2.75, 3.05) is 6.54 Å². The van der Waals surface area contributed by atoms with E-state index in [0.29, 0.717) is 5.41 Å². The Morgan fingerprint density at radius 2 is 2.10 bits per heavy atom. The molecule has 1 N–H and O–H groups in total. The molecule has 2 aliphatic carbocycles. The number of imidazole rings is 1. The van der Waals surface area contributed by atoms with E-state index in [1.54, 1.807) is 0 Å². The average Bonchev–Trinajstić information content (AvgIpc) is 3.17. The van der Waals surface area contributed by atoms with Gasteiger partial charge in [-0.05, 0) is 62.3 Å². The van der Waals surface area contributed by atoms with E-state index in [1.807, 2.05) is 6.20 Å². The molecule has 2 atom stereocenters. The van der Waals surface area contributed by atoms with Crippen molar-refractivity contribution in [1.82, 2.24) is 14.9 Å². The second-order valence-corrected chi connectivity index (χ2v) is 8.10. The summed E-state index contributed by atoms with van der Waals surface area (Å²) in [5.74, 6) is 2.97. The first-order valence-electron chi connectivity index (χ1n) is 8.73. The molecular formula is C18H31N3. The zero-order valence-corrected chi connectivity index (χ0v) is 13.9. The molecule has 1 heterocycles. The third-order valence-corrected chi connectivity index (χ3v) is 5.58. The minimum atomic E-state index is 0.530. The fourth-order valence-electron chi connectivity index (χ4n) is 3.95. The standard InChI is InChI=1S/C18H31N3/c1-18(2)9-8-15(13-20-16-5-6-16)14(12-18)4-7-17-19-10-11-21(17)3/h10-11,14-16,20H,4-9,12-13H2,1-3H3. The number of aromatic nitrogens is 2. The Bertz CT molecular complexity index is 457. The summed E-state index contributed by atoms with van der Waals surface area (Å²) in [6, 6.07) is 0.843. The van der Waals surface area contributed by atoms with Crippen molar-refractivity contribution < 1.29 is 0 Å². The minimum absolute atomic E-state index is 0.530. The smallest absolute Gasteiger partial charge is 0.108 e. The van der Waals surface area contributed by atoms with E-state index in [2.05, 4.69) is 42.0 Å². The van der Waals surface area contributed by atoms with Crippen LogP contribution in [0.15, 0.2) is 12.4 Å². The molecule has 0 aliphatic heterocycles. The van der Waals surface area contributed by atoms with Gasteiger partial charge in [-0.15, -0.1) is 0 Å². The summed E-state index contributed by atoms with van der Waals surface area (Å²) in [6.07, 6.45) is 13.4. The van der Waals surface area contributed by atoms with Crippen LogP contribution in [0.25, 0.3) is 0 Å². The summed E-state index contributed by atoms with van der Waals surface area (Å²) in [5, 5.41) is 3.77. The summed E-state index contributed by atoms with van der Waals surface area (Å²) in [7, 11) is 2.11. The highest BCUT2D eigenvalue weighted by molar-refractivity contribution is 4.94. The molecule has 2 aliphatic rings. The normalized spacial score (nSPS) is 28.7. The van der Waals surface area contributed by atoms with Gasteiger partial charge >= 0.3 is 0 Å². The first kappa shape index (κ1) is 15.1. The van der Waals surface area contributed by atoms with Gasteiger partial charge in [-0.1, -0.05) is 13.8 Å². The maximum Gasteiger partial charge on any atom is 0.108 e. The second kappa shape index (κ2) is 6.12. The fraction of sp³-hybridized carbons (Fsp3) is 0.833. The highest BCUT2D eigenvalue weighted by atomic mass is 15.0. The quantitative estimate of drug-likeness (QED) is 0.868. The SMILES string of the molecule is Cn1ccnc1CCC1CC(C)(C)CCC1CNC1CC1. The zero-order chi connectivity index (χ0) is 14.9. The van der Waals surface area contributed by atoms with Gasteiger partial charge in [-0.25, -0.2) is 4.98 Å². The molecule has 1 aromatic rings. The molecule has 2 unspecified atom stereocenters. The molecule has 3 heteroatoms. The molecule has 118 valence electrons. The van der Waals surface area contributed by atoms with E-state index in [1.165, 1.54) is 50.9 Å². The monoisotopic (exact) mass is 289 g/mol. The molecule has 0 saturated heterocycles. The number of aryl methyl sites for hydroxylation is 2. The van der Waals surface area contributed by atoms with Gasteiger partial charge in [0, 0.05) is 31.9 Å². The van der Waals surface area contributed by atoms with E-state index in [9.17, 15) is 0 Å². The largest absolute Gasteiger partial charge is 0.338 e. The van der Waals surface area contributed by atoms with Crippen LogP contribution in [0.5, 0.6) is 0 Å². The fourth-order valence-corrected chi connectivity index (χ4v) is 3.95. The molecule has 0 radical (unpaired) electrons. The molecule has 2 saturated carbocycles. The lowest BCUT2D eigenvalue weighted by molar-refractivity contribution is 0.109. The summed E-state index contributed by atoms with van der Waals surface area (Å²) in [6.45, 7) is 6.14. The van der Waals surface area contributed by atoms with Crippen molar-refractivity contribution in [2.45, 2.75) is 64.8 Å². The number of hydrogen-bond acceptors (Lipinski definition) is 2. The molecule has 1 aromatic heterocycles. The zero-order valence-electron chi connectivity index (χ0n) is 13.9.